The number of hydrogen-bond acceptors (Lipinski definition) is 5. The molecule has 0 aliphatic carbocycles. The van der Waals surface area contributed by atoms with Gasteiger partial charge in [0.15, 0.2) is 0 Å². The van der Waals surface area contributed by atoms with Crippen LogP contribution in [0.15, 0.2) is 35.1 Å². The van der Waals surface area contributed by atoms with E-state index in [4.69, 9.17) is 11.0 Å². The first-order valence-electron chi connectivity index (χ1n) is 4.73. The minimum atomic E-state index is 0.352. The molecule has 0 spiro atoms. The molecule has 1 aromatic carbocycles. The Kier molecular flexibility index (Phi) is 3.21. The maximum absolute atomic E-state index is 8.97. The summed E-state index contributed by atoms with van der Waals surface area (Å²) in [6.45, 7) is 0. The van der Waals surface area contributed by atoms with E-state index in [1.165, 1.54) is 12.4 Å². The summed E-state index contributed by atoms with van der Waals surface area (Å²) in [4.78, 5) is 7.97. The van der Waals surface area contributed by atoms with Gasteiger partial charge in [-0.05, 0) is 18.2 Å². The van der Waals surface area contributed by atoms with Gasteiger partial charge in [-0.15, -0.1) is 0 Å². The normalized spacial score (nSPS) is 9.65. The first-order chi connectivity index (χ1) is 8.19. The van der Waals surface area contributed by atoms with Crippen molar-refractivity contribution >= 4 is 33.3 Å². The van der Waals surface area contributed by atoms with Gasteiger partial charge in [-0.3, -0.25) is 0 Å². The SMILES string of the molecule is N#Cc1ccc(Br)cc1Nc1cnc(N)cn1. The van der Waals surface area contributed by atoms with Crippen molar-refractivity contribution in [1.29, 1.82) is 5.26 Å². The summed E-state index contributed by atoms with van der Waals surface area (Å²) in [5, 5.41) is 12.0. The third-order valence-electron chi connectivity index (χ3n) is 2.04. The molecule has 0 radical (unpaired) electrons. The van der Waals surface area contributed by atoms with Crippen LogP contribution in [0.4, 0.5) is 17.3 Å². The van der Waals surface area contributed by atoms with Gasteiger partial charge in [0.2, 0.25) is 0 Å². The zero-order valence-electron chi connectivity index (χ0n) is 8.68. The molecule has 3 N–H and O–H groups in total. The molecule has 1 aromatic heterocycles. The molecule has 0 unspecified atom stereocenters. The molecule has 0 amide bonds. The number of halogens is 1. The van der Waals surface area contributed by atoms with Crippen LogP contribution >= 0.6 is 15.9 Å². The summed E-state index contributed by atoms with van der Waals surface area (Å²) >= 11 is 3.35. The summed E-state index contributed by atoms with van der Waals surface area (Å²) in [7, 11) is 0. The highest BCUT2D eigenvalue weighted by Gasteiger charge is 2.04. The Hall–Kier alpha value is -2.13. The largest absolute Gasteiger partial charge is 0.382 e. The van der Waals surface area contributed by atoms with Crippen molar-refractivity contribution in [3.63, 3.8) is 0 Å². The zero-order chi connectivity index (χ0) is 12.3. The highest BCUT2D eigenvalue weighted by molar-refractivity contribution is 9.10. The average molecular weight is 290 g/mol. The number of nitrogens with zero attached hydrogens (tertiary/aromatic N) is 3. The van der Waals surface area contributed by atoms with E-state index in [0.29, 0.717) is 22.9 Å². The summed E-state index contributed by atoms with van der Waals surface area (Å²) in [5.41, 5.74) is 6.64. The minimum absolute atomic E-state index is 0.352. The molecule has 0 bridgehead atoms. The third-order valence-corrected chi connectivity index (χ3v) is 2.53. The molecular formula is C11H8BrN5. The van der Waals surface area contributed by atoms with Gasteiger partial charge in [0.1, 0.15) is 17.7 Å². The maximum Gasteiger partial charge on any atom is 0.149 e. The van der Waals surface area contributed by atoms with E-state index in [1.807, 2.05) is 0 Å². The van der Waals surface area contributed by atoms with Crippen LogP contribution in [0.3, 0.4) is 0 Å². The van der Waals surface area contributed by atoms with Crippen LogP contribution in [-0.2, 0) is 0 Å². The standard InChI is InChI=1S/C11H8BrN5/c12-8-2-1-7(4-13)9(3-8)17-11-6-15-10(14)5-16-11/h1-3,5-6H,(H2,14,15)(H,16,17). The van der Waals surface area contributed by atoms with Gasteiger partial charge < -0.3 is 11.1 Å². The van der Waals surface area contributed by atoms with Crippen molar-refractivity contribution < 1.29 is 0 Å². The summed E-state index contributed by atoms with van der Waals surface area (Å²) in [5.74, 6) is 0.888. The monoisotopic (exact) mass is 289 g/mol. The van der Waals surface area contributed by atoms with Crippen LogP contribution in [0.2, 0.25) is 0 Å². The summed E-state index contributed by atoms with van der Waals surface area (Å²) < 4.78 is 0.877. The number of hydrogen-bond donors (Lipinski definition) is 2. The van der Waals surface area contributed by atoms with E-state index in [0.717, 1.165) is 4.47 Å². The molecular weight excluding hydrogens is 282 g/mol. The molecule has 84 valence electrons. The number of nitriles is 1. The second-order valence-electron chi connectivity index (χ2n) is 3.25. The fourth-order valence-electron chi connectivity index (χ4n) is 1.26. The van der Waals surface area contributed by atoms with E-state index < -0.39 is 0 Å². The molecule has 2 rings (SSSR count). The van der Waals surface area contributed by atoms with Gasteiger partial charge >= 0.3 is 0 Å². The van der Waals surface area contributed by atoms with Crippen molar-refractivity contribution in [2.75, 3.05) is 11.1 Å². The van der Waals surface area contributed by atoms with Crippen LogP contribution < -0.4 is 11.1 Å². The van der Waals surface area contributed by atoms with Gasteiger partial charge in [-0.1, -0.05) is 15.9 Å². The Bertz CT molecular complexity index is 573. The van der Waals surface area contributed by atoms with E-state index in [1.54, 1.807) is 18.2 Å². The Morgan fingerprint density at radius 3 is 2.76 bits per heavy atom. The van der Waals surface area contributed by atoms with Gasteiger partial charge in [-0.2, -0.15) is 5.26 Å². The maximum atomic E-state index is 8.97. The van der Waals surface area contributed by atoms with E-state index in [-0.39, 0.29) is 0 Å². The van der Waals surface area contributed by atoms with Crippen molar-refractivity contribution in [3.05, 3.63) is 40.6 Å². The molecule has 2 aromatic rings. The zero-order valence-corrected chi connectivity index (χ0v) is 10.3. The topological polar surface area (TPSA) is 87.6 Å². The van der Waals surface area contributed by atoms with Crippen LogP contribution in [0.25, 0.3) is 0 Å². The molecule has 5 nitrogen and oxygen atoms in total. The van der Waals surface area contributed by atoms with Crippen LogP contribution in [0.5, 0.6) is 0 Å². The Morgan fingerprint density at radius 2 is 2.12 bits per heavy atom. The molecule has 0 aliphatic heterocycles. The molecule has 0 atom stereocenters. The average Bonchev–Trinajstić information content (AvgIpc) is 2.32. The molecule has 0 aliphatic rings. The van der Waals surface area contributed by atoms with Crippen molar-refractivity contribution in [1.82, 2.24) is 9.97 Å². The van der Waals surface area contributed by atoms with Gasteiger partial charge in [-0.25, -0.2) is 9.97 Å². The van der Waals surface area contributed by atoms with Gasteiger partial charge in [0.25, 0.3) is 0 Å². The van der Waals surface area contributed by atoms with Crippen LogP contribution in [0.1, 0.15) is 5.56 Å². The Morgan fingerprint density at radius 1 is 1.29 bits per heavy atom. The van der Waals surface area contributed by atoms with Crippen molar-refractivity contribution in [3.8, 4) is 6.07 Å². The number of nitrogens with two attached hydrogens (primary N) is 1. The number of nitrogens with one attached hydrogen (secondary N) is 1. The lowest BCUT2D eigenvalue weighted by molar-refractivity contribution is 1.21. The second-order valence-corrected chi connectivity index (χ2v) is 4.17. The molecule has 0 fully saturated rings. The molecule has 0 saturated carbocycles. The summed E-state index contributed by atoms with van der Waals surface area (Å²) in [6, 6.07) is 7.42. The fourth-order valence-corrected chi connectivity index (χ4v) is 1.62. The number of rotatable bonds is 2. The quantitative estimate of drug-likeness (QED) is 0.887. The lowest BCUT2D eigenvalue weighted by Gasteiger charge is -2.07. The van der Waals surface area contributed by atoms with Gasteiger partial charge in [0, 0.05) is 4.47 Å². The number of nitrogen functional groups attached to an aromatic ring is 1. The predicted molar refractivity (Wildman–Crippen MR) is 68.6 cm³/mol. The molecule has 0 saturated heterocycles. The van der Waals surface area contributed by atoms with Crippen LogP contribution in [0, 0.1) is 11.3 Å². The van der Waals surface area contributed by atoms with Crippen molar-refractivity contribution in [2.24, 2.45) is 0 Å². The number of anilines is 3. The van der Waals surface area contributed by atoms with Crippen molar-refractivity contribution in [2.45, 2.75) is 0 Å². The molecule has 6 heteroatoms. The van der Waals surface area contributed by atoms with Gasteiger partial charge in [0.05, 0.1) is 23.6 Å². The third kappa shape index (κ3) is 2.71. The Balaban J connectivity index is 2.32. The lowest BCUT2D eigenvalue weighted by Crippen LogP contribution is -1.98. The first-order valence-corrected chi connectivity index (χ1v) is 5.52. The van der Waals surface area contributed by atoms with E-state index in [2.05, 4.69) is 37.3 Å². The lowest BCUT2D eigenvalue weighted by atomic mass is 10.2. The van der Waals surface area contributed by atoms with E-state index in [9.17, 15) is 0 Å². The molecule has 17 heavy (non-hydrogen) atoms. The highest BCUT2D eigenvalue weighted by atomic mass is 79.9. The highest BCUT2D eigenvalue weighted by Crippen LogP contribution is 2.23. The van der Waals surface area contributed by atoms with Crippen LogP contribution in [-0.4, -0.2) is 9.97 Å². The Labute approximate surface area is 106 Å². The fraction of sp³-hybridized carbons (Fsp3) is 0. The minimum Gasteiger partial charge on any atom is -0.382 e. The predicted octanol–water partition coefficient (Wildman–Crippen LogP) is 2.44. The number of aromatic nitrogens is 2. The second kappa shape index (κ2) is 4.80. The summed E-state index contributed by atoms with van der Waals surface area (Å²) in [6.07, 6.45) is 2.96. The smallest absolute Gasteiger partial charge is 0.149 e. The first kappa shape index (κ1) is 11.4. The number of benzene rings is 1. The molecule has 1 heterocycles. The van der Waals surface area contributed by atoms with E-state index >= 15 is 0 Å².